The summed E-state index contributed by atoms with van der Waals surface area (Å²) in [6.45, 7) is 2.82. The Morgan fingerprint density at radius 3 is 2.96 bits per heavy atom. The van der Waals surface area contributed by atoms with Crippen molar-refractivity contribution in [1.82, 2.24) is 10.3 Å². The predicted molar refractivity (Wildman–Crippen MR) is 93.1 cm³/mol. The second kappa shape index (κ2) is 7.66. The van der Waals surface area contributed by atoms with Gasteiger partial charge in [-0.15, -0.1) is 0 Å². The van der Waals surface area contributed by atoms with Gasteiger partial charge in [0.15, 0.2) is 11.5 Å². The van der Waals surface area contributed by atoms with Gasteiger partial charge < -0.3 is 20.2 Å². The standard InChI is InChI=1S/C18H25N3O3/c1-2-3-12(8-9-22)11-19-18(23)20-14-6-7-15-16(10-14)24-17(21-15)13-4-5-13/h6-7,10,12-13,22H,2-5,8-9,11H2,1H3,(H2,19,20,23). The molecule has 0 bridgehead atoms. The topological polar surface area (TPSA) is 87.4 Å². The minimum absolute atomic E-state index is 0.152. The van der Waals surface area contributed by atoms with E-state index >= 15 is 0 Å². The molecule has 3 N–H and O–H groups in total. The van der Waals surface area contributed by atoms with E-state index in [0.29, 0.717) is 36.1 Å². The van der Waals surface area contributed by atoms with Gasteiger partial charge in [0.05, 0.1) is 0 Å². The molecule has 24 heavy (non-hydrogen) atoms. The molecule has 1 heterocycles. The first kappa shape index (κ1) is 16.8. The number of nitrogens with one attached hydrogen (secondary N) is 2. The lowest BCUT2D eigenvalue weighted by Gasteiger charge is -2.16. The summed E-state index contributed by atoms with van der Waals surface area (Å²) in [7, 11) is 0. The average molecular weight is 331 g/mol. The van der Waals surface area contributed by atoms with Gasteiger partial charge in [0.2, 0.25) is 0 Å². The summed E-state index contributed by atoms with van der Waals surface area (Å²) in [4.78, 5) is 16.5. The maximum atomic E-state index is 12.1. The molecule has 1 atom stereocenters. The Morgan fingerprint density at radius 1 is 1.42 bits per heavy atom. The molecule has 1 aromatic heterocycles. The SMILES string of the molecule is CCCC(CCO)CNC(=O)Nc1ccc2nc(C3CC3)oc2c1. The van der Waals surface area contributed by atoms with E-state index in [4.69, 9.17) is 9.52 Å². The summed E-state index contributed by atoms with van der Waals surface area (Å²) < 4.78 is 5.77. The van der Waals surface area contributed by atoms with Crippen molar-refractivity contribution in [3.8, 4) is 0 Å². The van der Waals surface area contributed by atoms with Gasteiger partial charge >= 0.3 is 6.03 Å². The molecule has 1 fully saturated rings. The van der Waals surface area contributed by atoms with Crippen LogP contribution in [0.15, 0.2) is 22.6 Å². The van der Waals surface area contributed by atoms with Crippen molar-refractivity contribution in [2.45, 2.75) is 44.9 Å². The number of nitrogens with zero attached hydrogens (tertiary/aromatic N) is 1. The zero-order valence-corrected chi connectivity index (χ0v) is 14.0. The monoisotopic (exact) mass is 331 g/mol. The Labute approximate surface area is 141 Å². The van der Waals surface area contributed by atoms with E-state index in [1.54, 1.807) is 0 Å². The van der Waals surface area contributed by atoms with E-state index in [-0.39, 0.29) is 12.6 Å². The number of hydrogen-bond donors (Lipinski definition) is 3. The number of amides is 2. The largest absolute Gasteiger partial charge is 0.440 e. The van der Waals surface area contributed by atoms with E-state index in [1.165, 1.54) is 0 Å². The molecule has 1 saturated carbocycles. The Balaban J connectivity index is 1.56. The number of rotatable bonds is 8. The summed E-state index contributed by atoms with van der Waals surface area (Å²) in [5.74, 6) is 1.58. The van der Waals surface area contributed by atoms with Crippen LogP contribution in [-0.2, 0) is 0 Å². The van der Waals surface area contributed by atoms with E-state index in [0.717, 1.165) is 37.1 Å². The molecule has 1 aliphatic carbocycles. The highest BCUT2D eigenvalue weighted by atomic mass is 16.3. The van der Waals surface area contributed by atoms with Crippen molar-refractivity contribution in [3.63, 3.8) is 0 Å². The lowest BCUT2D eigenvalue weighted by molar-refractivity contribution is 0.237. The number of anilines is 1. The Kier molecular flexibility index (Phi) is 5.35. The first-order valence-electron chi connectivity index (χ1n) is 8.75. The number of oxazole rings is 1. The number of aliphatic hydroxyl groups is 1. The highest BCUT2D eigenvalue weighted by molar-refractivity contribution is 5.91. The fourth-order valence-electron chi connectivity index (χ4n) is 2.88. The van der Waals surface area contributed by atoms with Gasteiger partial charge in [-0.3, -0.25) is 0 Å². The molecule has 0 radical (unpaired) electrons. The highest BCUT2D eigenvalue weighted by Gasteiger charge is 2.28. The minimum atomic E-state index is -0.240. The summed E-state index contributed by atoms with van der Waals surface area (Å²) in [5.41, 5.74) is 2.22. The molecule has 130 valence electrons. The Bertz CT molecular complexity index is 688. The average Bonchev–Trinajstić information content (AvgIpc) is 3.33. The molecule has 3 rings (SSSR count). The first-order valence-corrected chi connectivity index (χ1v) is 8.75. The number of carbonyl (C=O) groups is 1. The fourth-order valence-corrected chi connectivity index (χ4v) is 2.88. The third kappa shape index (κ3) is 4.26. The van der Waals surface area contributed by atoms with Crippen molar-refractivity contribution >= 4 is 22.8 Å². The molecule has 0 spiro atoms. The van der Waals surface area contributed by atoms with Gasteiger partial charge in [0.1, 0.15) is 5.52 Å². The Morgan fingerprint density at radius 2 is 2.25 bits per heavy atom. The number of fused-ring (bicyclic) bond motifs is 1. The van der Waals surface area contributed by atoms with Gasteiger partial charge in [0, 0.05) is 30.8 Å². The summed E-state index contributed by atoms with van der Waals surface area (Å²) in [6.07, 6.45) is 5.04. The van der Waals surface area contributed by atoms with Crippen LogP contribution in [0, 0.1) is 5.92 Å². The minimum Gasteiger partial charge on any atom is -0.440 e. The van der Waals surface area contributed by atoms with Crippen molar-refractivity contribution in [3.05, 3.63) is 24.1 Å². The lowest BCUT2D eigenvalue weighted by atomic mass is 10.0. The second-order valence-corrected chi connectivity index (χ2v) is 6.51. The molecule has 1 aromatic carbocycles. The molecular formula is C18H25N3O3. The number of carbonyl (C=O) groups excluding carboxylic acids is 1. The Hall–Kier alpha value is -2.08. The third-order valence-corrected chi connectivity index (χ3v) is 4.38. The quantitative estimate of drug-likeness (QED) is 0.689. The van der Waals surface area contributed by atoms with E-state index in [2.05, 4.69) is 22.5 Å². The zero-order valence-electron chi connectivity index (χ0n) is 14.0. The number of urea groups is 1. The van der Waals surface area contributed by atoms with Gasteiger partial charge in [0.25, 0.3) is 0 Å². The van der Waals surface area contributed by atoms with Crippen LogP contribution in [0.3, 0.4) is 0 Å². The molecule has 6 heteroatoms. The van der Waals surface area contributed by atoms with E-state index < -0.39 is 0 Å². The molecule has 0 saturated heterocycles. The van der Waals surface area contributed by atoms with Crippen LogP contribution in [0.2, 0.25) is 0 Å². The molecular weight excluding hydrogens is 306 g/mol. The summed E-state index contributed by atoms with van der Waals surface area (Å²) >= 11 is 0. The molecule has 1 unspecified atom stereocenters. The normalized spacial score (nSPS) is 15.4. The molecule has 1 aliphatic rings. The van der Waals surface area contributed by atoms with Crippen LogP contribution in [0.25, 0.3) is 11.1 Å². The van der Waals surface area contributed by atoms with Gasteiger partial charge in [-0.2, -0.15) is 0 Å². The van der Waals surface area contributed by atoms with Crippen LogP contribution in [-0.4, -0.2) is 29.3 Å². The van der Waals surface area contributed by atoms with Crippen molar-refractivity contribution in [1.29, 1.82) is 0 Å². The second-order valence-electron chi connectivity index (χ2n) is 6.51. The van der Waals surface area contributed by atoms with Crippen LogP contribution >= 0.6 is 0 Å². The zero-order chi connectivity index (χ0) is 16.9. The van der Waals surface area contributed by atoms with Crippen LogP contribution in [0.5, 0.6) is 0 Å². The van der Waals surface area contributed by atoms with Crippen LogP contribution in [0.1, 0.15) is 50.8 Å². The number of hydrogen-bond acceptors (Lipinski definition) is 4. The molecule has 6 nitrogen and oxygen atoms in total. The van der Waals surface area contributed by atoms with E-state index in [1.807, 2.05) is 18.2 Å². The van der Waals surface area contributed by atoms with E-state index in [9.17, 15) is 4.79 Å². The van der Waals surface area contributed by atoms with Gasteiger partial charge in [-0.25, -0.2) is 9.78 Å². The lowest BCUT2D eigenvalue weighted by Crippen LogP contribution is -2.33. The molecule has 2 amide bonds. The summed E-state index contributed by atoms with van der Waals surface area (Å²) in [6, 6.07) is 5.27. The molecule has 2 aromatic rings. The van der Waals surface area contributed by atoms with Gasteiger partial charge in [-0.05, 0) is 43.7 Å². The first-order chi connectivity index (χ1) is 11.7. The van der Waals surface area contributed by atoms with Crippen LogP contribution < -0.4 is 10.6 Å². The van der Waals surface area contributed by atoms with Crippen LogP contribution in [0.4, 0.5) is 10.5 Å². The summed E-state index contributed by atoms with van der Waals surface area (Å²) in [5, 5.41) is 14.8. The maximum Gasteiger partial charge on any atom is 0.319 e. The smallest absolute Gasteiger partial charge is 0.319 e. The fraction of sp³-hybridized carbons (Fsp3) is 0.556. The van der Waals surface area contributed by atoms with Crippen molar-refractivity contribution in [2.24, 2.45) is 5.92 Å². The maximum absolute atomic E-state index is 12.1. The molecule has 0 aliphatic heterocycles. The third-order valence-electron chi connectivity index (χ3n) is 4.38. The number of benzene rings is 1. The highest BCUT2D eigenvalue weighted by Crippen LogP contribution is 2.40. The van der Waals surface area contributed by atoms with Crippen molar-refractivity contribution < 1.29 is 14.3 Å². The number of aromatic nitrogens is 1. The predicted octanol–water partition coefficient (Wildman–Crippen LogP) is 3.63. The van der Waals surface area contributed by atoms with Crippen molar-refractivity contribution in [2.75, 3.05) is 18.5 Å². The number of aliphatic hydroxyl groups excluding tert-OH is 1. The van der Waals surface area contributed by atoms with Gasteiger partial charge in [-0.1, -0.05) is 13.3 Å².